The van der Waals surface area contributed by atoms with Crippen LogP contribution >= 0.6 is 0 Å². The van der Waals surface area contributed by atoms with Crippen LogP contribution in [0, 0.1) is 23.7 Å². The van der Waals surface area contributed by atoms with Crippen molar-refractivity contribution in [2.24, 2.45) is 23.7 Å². The highest BCUT2D eigenvalue weighted by atomic mass is 16.6. The van der Waals surface area contributed by atoms with Crippen molar-refractivity contribution in [3.63, 3.8) is 0 Å². The minimum absolute atomic E-state index is 0.0419. The van der Waals surface area contributed by atoms with Crippen LogP contribution in [0.5, 0.6) is 0 Å². The summed E-state index contributed by atoms with van der Waals surface area (Å²) in [6.07, 6.45) is 4.42. The van der Waals surface area contributed by atoms with Crippen molar-refractivity contribution in [3.05, 3.63) is 12.2 Å². The number of allylic oxidation sites excluding steroid dienone is 2. The molecule has 3 unspecified atom stereocenters. The maximum Gasteiger partial charge on any atom is 0.310 e. The van der Waals surface area contributed by atoms with E-state index in [1.807, 2.05) is 39.8 Å². The van der Waals surface area contributed by atoms with Crippen LogP contribution < -0.4 is 0 Å². The first kappa shape index (κ1) is 12.3. The van der Waals surface area contributed by atoms with E-state index in [1.54, 1.807) is 0 Å². The number of esters is 1. The maximum absolute atomic E-state index is 12.1. The van der Waals surface area contributed by atoms with E-state index >= 15 is 0 Å². The highest BCUT2D eigenvalue weighted by Gasteiger charge is 2.48. The number of Topliss-reactive ketones (excluding diaryl/α,β-unsaturated/α-hetero) is 1. The molecule has 0 aromatic rings. The molecule has 0 N–H and O–H groups in total. The van der Waals surface area contributed by atoms with E-state index in [2.05, 4.69) is 0 Å². The average Bonchev–Trinajstić information content (AvgIpc) is 2.73. The molecule has 0 radical (unpaired) electrons. The standard InChI is InChI=1S/C14H20O3/c1-8(2)14(3,4)17-13(16)11-7-9-5-6-10(11)12(9)15/h5-6,8-11H,7H2,1-4H3. The van der Waals surface area contributed by atoms with Gasteiger partial charge in [0.25, 0.3) is 0 Å². The summed E-state index contributed by atoms with van der Waals surface area (Å²) in [5, 5.41) is 0. The number of hydrogen-bond acceptors (Lipinski definition) is 3. The third-order valence-electron chi connectivity index (χ3n) is 4.24. The zero-order valence-electron chi connectivity index (χ0n) is 10.9. The molecule has 3 atom stereocenters. The second-order valence-electron chi connectivity index (χ2n) is 5.94. The summed E-state index contributed by atoms with van der Waals surface area (Å²) < 4.78 is 5.56. The van der Waals surface area contributed by atoms with Gasteiger partial charge in [-0.15, -0.1) is 0 Å². The number of carbonyl (C=O) groups excluding carboxylic acids is 2. The lowest BCUT2D eigenvalue weighted by molar-refractivity contribution is -0.167. The predicted octanol–water partition coefficient (Wildman–Crippen LogP) is 2.36. The lowest BCUT2D eigenvalue weighted by Crippen LogP contribution is -2.37. The molecule has 1 fully saturated rings. The monoisotopic (exact) mass is 236 g/mol. The van der Waals surface area contributed by atoms with Crippen LogP contribution in [0.3, 0.4) is 0 Å². The summed E-state index contributed by atoms with van der Waals surface area (Å²) in [4.78, 5) is 23.8. The molecule has 0 aromatic heterocycles. The van der Waals surface area contributed by atoms with E-state index in [9.17, 15) is 9.59 Å². The predicted molar refractivity (Wildman–Crippen MR) is 64.2 cm³/mol. The van der Waals surface area contributed by atoms with Crippen LogP contribution in [0.4, 0.5) is 0 Å². The van der Waals surface area contributed by atoms with Gasteiger partial charge in [-0.1, -0.05) is 26.0 Å². The summed E-state index contributed by atoms with van der Waals surface area (Å²) in [5.41, 5.74) is -0.467. The maximum atomic E-state index is 12.1. The third-order valence-corrected chi connectivity index (χ3v) is 4.24. The Hall–Kier alpha value is -1.12. The lowest BCUT2D eigenvalue weighted by Gasteiger charge is -2.31. The summed E-state index contributed by atoms with van der Waals surface area (Å²) in [6, 6.07) is 0. The van der Waals surface area contributed by atoms with Crippen LogP contribution in [-0.2, 0) is 14.3 Å². The summed E-state index contributed by atoms with van der Waals surface area (Å²) in [5.74, 6) is -0.287. The van der Waals surface area contributed by atoms with Gasteiger partial charge in [-0.2, -0.15) is 0 Å². The van der Waals surface area contributed by atoms with Gasteiger partial charge in [0.15, 0.2) is 0 Å². The molecule has 2 aliphatic carbocycles. The average molecular weight is 236 g/mol. The van der Waals surface area contributed by atoms with Crippen molar-refractivity contribution in [1.82, 2.24) is 0 Å². The molecule has 0 aromatic carbocycles. The Labute approximate surface area is 102 Å². The van der Waals surface area contributed by atoms with Gasteiger partial charge in [-0.3, -0.25) is 9.59 Å². The highest BCUT2D eigenvalue weighted by molar-refractivity contribution is 5.96. The second-order valence-corrected chi connectivity index (χ2v) is 5.94. The van der Waals surface area contributed by atoms with E-state index in [0.29, 0.717) is 6.42 Å². The molecule has 3 nitrogen and oxygen atoms in total. The Morgan fingerprint density at radius 1 is 1.41 bits per heavy atom. The van der Waals surface area contributed by atoms with E-state index in [1.165, 1.54) is 0 Å². The van der Waals surface area contributed by atoms with Gasteiger partial charge in [-0.05, 0) is 26.2 Å². The Balaban J connectivity index is 2.04. The summed E-state index contributed by atoms with van der Waals surface area (Å²) >= 11 is 0. The van der Waals surface area contributed by atoms with Gasteiger partial charge in [-0.25, -0.2) is 0 Å². The molecular weight excluding hydrogens is 216 g/mol. The first-order valence-electron chi connectivity index (χ1n) is 6.28. The molecule has 0 saturated heterocycles. The first-order chi connectivity index (χ1) is 7.83. The van der Waals surface area contributed by atoms with Crippen molar-refractivity contribution in [3.8, 4) is 0 Å². The van der Waals surface area contributed by atoms with Gasteiger partial charge >= 0.3 is 5.97 Å². The number of carbonyl (C=O) groups is 2. The topological polar surface area (TPSA) is 43.4 Å². The smallest absolute Gasteiger partial charge is 0.310 e. The fourth-order valence-corrected chi connectivity index (χ4v) is 2.33. The zero-order valence-corrected chi connectivity index (χ0v) is 10.9. The molecular formula is C14H20O3. The molecule has 0 aliphatic heterocycles. The van der Waals surface area contributed by atoms with E-state index < -0.39 is 5.60 Å². The van der Waals surface area contributed by atoms with Gasteiger partial charge in [0.05, 0.1) is 5.92 Å². The van der Waals surface area contributed by atoms with Crippen LogP contribution in [-0.4, -0.2) is 17.4 Å². The van der Waals surface area contributed by atoms with Gasteiger partial charge in [0.2, 0.25) is 0 Å². The number of ether oxygens (including phenoxy) is 1. The third kappa shape index (κ3) is 2.03. The minimum atomic E-state index is -0.467. The fraction of sp³-hybridized carbons (Fsp3) is 0.714. The lowest BCUT2D eigenvalue weighted by atomic mass is 9.91. The number of fused-ring (bicyclic) bond motifs is 2. The Bertz CT molecular complexity index is 379. The zero-order chi connectivity index (χ0) is 12.8. The molecule has 2 bridgehead atoms. The fourth-order valence-electron chi connectivity index (χ4n) is 2.33. The Morgan fingerprint density at radius 2 is 2.06 bits per heavy atom. The normalized spacial score (nSPS) is 31.4. The SMILES string of the molecule is CC(C)C(C)(C)OC(=O)C1CC2C=CC1C2=O. The molecule has 17 heavy (non-hydrogen) atoms. The van der Waals surface area contributed by atoms with Crippen molar-refractivity contribution >= 4 is 11.8 Å². The molecule has 0 spiro atoms. The molecule has 94 valence electrons. The van der Waals surface area contributed by atoms with E-state index in [4.69, 9.17) is 4.74 Å². The Kier molecular flexibility index (Phi) is 2.88. The molecule has 2 rings (SSSR count). The van der Waals surface area contributed by atoms with Gasteiger partial charge in [0, 0.05) is 11.8 Å². The summed E-state index contributed by atoms with van der Waals surface area (Å²) in [6.45, 7) is 7.89. The van der Waals surface area contributed by atoms with Crippen molar-refractivity contribution < 1.29 is 14.3 Å². The van der Waals surface area contributed by atoms with Crippen LogP contribution in [0.15, 0.2) is 12.2 Å². The minimum Gasteiger partial charge on any atom is -0.459 e. The number of ketones is 1. The van der Waals surface area contributed by atoms with Crippen molar-refractivity contribution in [2.75, 3.05) is 0 Å². The summed E-state index contributed by atoms with van der Waals surface area (Å²) in [7, 11) is 0. The molecule has 2 aliphatic rings. The van der Waals surface area contributed by atoms with Crippen molar-refractivity contribution in [1.29, 1.82) is 0 Å². The number of hydrogen-bond donors (Lipinski definition) is 0. The van der Waals surface area contributed by atoms with Crippen molar-refractivity contribution in [2.45, 2.75) is 39.7 Å². The van der Waals surface area contributed by atoms with Crippen LogP contribution in [0.25, 0.3) is 0 Å². The Morgan fingerprint density at radius 3 is 2.47 bits per heavy atom. The number of rotatable bonds is 3. The molecule has 1 saturated carbocycles. The molecule has 3 heteroatoms. The first-order valence-corrected chi connectivity index (χ1v) is 6.28. The second kappa shape index (κ2) is 3.97. The van der Waals surface area contributed by atoms with E-state index in [0.717, 1.165) is 0 Å². The van der Waals surface area contributed by atoms with Crippen LogP contribution in [0.2, 0.25) is 0 Å². The largest absolute Gasteiger partial charge is 0.459 e. The molecule has 0 heterocycles. The van der Waals surface area contributed by atoms with E-state index in [-0.39, 0.29) is 35.4 Å². The highest BCUT2D eigenvalue weighted by Crippen LogP contribution is 2.41. The van der Waals surface area contributed by atoms with Gasteiger partial charge < -0.3 is 4.74 Å². The van der Waals surface area contributed by atoms with Crippen LogP contribution in [0.1, 0.15) is 34.1 Å². The molecule has 0 amide bonds. The van der Waals surface area contributed by atoms with Gasteiger partial charge in [0.1, 0.15) is 11.4 Å². The quantitative estimate of drug-likeness (QED) is 0.558.